The lowest BCUT2D eigenvalue weighted by molar-refractivity contribution is -0.0267. The fraction of sp³-hybridized carbons (Fsp3) is 0.500. The van der Waals surface area contributed by atoms with E-state index >= 15 is 0 Å². The van der Waals surface area contributed by atoms with Crippen molar-refractivity contribution >= 4 is 6.09 Å². The molecule has 1 aliphatic carbocycles. The summed E-state index contributed by atoms with van der Waals surface area (Å²) in [6.45, 7) is 7.34. The van der Waals surface area contributed by atoms with Crippen LogP contribution in [0.2, 0.25) is 0 Å². The van der Waals surface area contributed by atoms with E-state index in [9.17, 15) is 14.3 Å². The van der Waals surface area contributed by atoms with Gasteiger partial charge >= 0.3 is 6.09 Å². The molecule has 0 radical (unpaired) electrons. The maximum atomic E-state index is 14.3. The van der Waals surface area contributed by atoms with Crippen molar-refractivity contribution in [1.82, 2.24) is 9.80 Å². The van der Waals surface area contributed by atoms with Crippen molar-refractivity contribution in [2.45, 2.75) is 45.2 Å². The number of piperidine rings is 3. The number of fused-ring (bicyclic) bond motifs is 4. The van der Waals surface area contributed by atoms with Gasteiger partial charge in [-0.2, -0.15) is 0 Å². The topological polar surface area (TPSA) is 53.0 Å². The highest BCUT2D eigenvalue weighted by Gasteiger charge is 2.50. The van der Waals surface area contributed by atoms with Gasteiger partial charge in [-0.15, -0.1) is 0 Å². The number of benzene rings is 2. The molecule has 4 aliphatic rings. The number of hydrogen-bond donors (Lipinski definition) is 1. The lowest BCUT2D eigenvalue weighted by Gasteiger charge is -2.51. The highest BCUT2D eigenvalue weighted by Crippen LogP contribution is 2.51. The molecule has 2 atom stereocenters. The fourth-order valence-corrected chi connectivity index (χ4v) is 6.28. The van der Waals surface area contributed by atoms with Crippen molar-refractivity contribution in [1.29, 1.82) is 0 Å². The normalized spacial score (nSPS) is 27.8. The van der Waals surface area contributed by atoms with Crippen LogP contribution in [0.1, 0.15) is 43.9 Å². The second-order valence-electron chi connectivity index (χ2n) is 10.2. The van der Waals surface area contributed by atoms with E-state index in [-0.39, 0.29) is 29.1 Å². The molecule has 3 aliphatic heterocycles. The monoisotopic (exact) mass is 438 g/mol. The van der Waals surface area contributed by atoms with Gasteiger partial charge in [-0.1, -0.05) is 38.1 Å². The first-order valence-corrected chi connectivity index (χ1v) is 11.5. The summed E-state index contributed by atoms with van der Waals surface area (Å²) in [6.07, 6.45) is 2.13. The Morgan fingerprint density at radius 2 is 1.84 bits per heavy atom. The Balaban J connectivity index is 1.51. The number of nitrogens with zero attached hydrogens (tertiary/aromatic N) is 2. The van der Waals surface area contributed by atoms with Gasteiger partial charge in [0.2, 0.25) is 0 Å². The summed E-state index contributed by atoms with van der Waals surface area (Å²) in [5.74, 6) is 0.284. The van der Waals surface area contributed by atoms with Crippen LogP contribution in [0.15, 0.2) is 36.4 Å². The first-order valence-electron chi connectivity index (χ1n) is 11.5. The molecule has 3 heterocycles. The molecule has 0 spiro atoms. The number of rotatable bonds is 4. The van der Waals surface area contributed by atoms with E-state index in [0.29, 0.717) is 5.92 Å². The Morgan fingerprint density at radius 3 is 2.44 bits per heavy atom. The molecular weight excluding hydrogens is 407 g/mol. The predicted octanol–water partition coefficient (Wildman–Crippen LogP) is 5.20. The first kappa shape index (κ1) is 21.3. The van der Waals surface area contributed by atoms with Crippen molar-refractivity contribution in [3.8, 4) is 16.9 Å². The van der Waals surface area contributed by atoms with E-state index in [1.807, 2.05) is 12.1 Å². The zero-order valence-electron chi connectivity index (χ0n) is 19.0. The van der Waals surface area contributed by atoms with Crippen LogP contribution in [0.25, 0.3) is 11.1 Å². The molecule has 2 aromatic carbocycles. The number of hydrogen-bond acceptors (Lipinski definition) is 3. The third-order valence-electron chi connectivity index (χ3n) is 7.79. The third kappa shape index (κ3) is 3.45. The molecule has 32 heavy (non-hydrogen) atoms. The van der Waals surface area contributed by atoms with Gasteiger partial charge in [-0.3, -0.25) is 4.90 Å². The number of methoxy groups -OCH3 is 1. The summed E-state index contributed by atoms with van der Waals surface area (Å²) in [4.78, 5) is 16.8. The number of halogens is 1. The van der Waals surface area contributed by atoms with Crippen molar-refractivity contribution < 1.29 is 19.0 Å². The molecule has 2 aromatic rings. The molecule has 5 nitrogen and oxygen atoms in total. The van der Waals surface area contributed by atoms with Gasteiger partial charge in [0.15, 0.2) is 11.6 Å². The van der Waals surface area contributed by atoms with Crippen molar-refractivity contribution in [2.24, 2.45) is 11.3 Å². The average Bonchev–Trinajstić information content (AvgIpc) is 3.04. The summed E-state index contributed by atoms with van der Waals surface area (Å²) < 4.78 is 19.3. The highest BCUT2D eigenvalue weighted by atomic mass is 19.1. The van der Waals surface area contributed by atoms with Crippen LogP contribution in [-0.2, 0) is 6.42 Å². The second-order valence-corrected chi connectivity index (χ2v) is 10.2. The summed E-state index contributed by atoms with van der Waals surface area (Å²) >= 11 is 0. The second kappa shape index (κ2) is 7.77. The van der Waals surface area contributed by atoms with Gasteiger partial charge in [0.05, 0.1) is 19.2 Å². The van der Waals surface area contributed by atoms with Crippen molar-refractivity contribution in [3.63, 3.8) is 0 Å². The molecule has 1 N–H and O–H groups in total. The minimum absolute atomic E-state index is 0.0422. The Kier molecular flexibility index (Phi) is 5.16. The highest BCUT2D eigenvalue weighted by molar-refractivity contribution is 5.69. The Morgan fingerprint density at radius 1 is 1.16 bits per heavy atom. The maximum absolute atomic E-state index is 14.3. The Bertz CT molecular complexity index is 1050. The van der Waals surface area contributed by atoms with Gasteiger partial charge in [0, 0.05) is 6.54 Å². The summed E-state index contributed by atoms with van der Waals surface area (Å²) in [5, 5.41) is 10.3. The summed E-state index contributed by atoms with van der Waals surface area (Å²) in [6, 6.07) is 11.0. The van der Waals surface area contributed by atoms with E-state index in [1.165, 1.54) is 13.2 Å². The maximum Gasteiger partial charge on any atom is 0.408 e. The summed E-state index contributed by atoms with van der Waals surface area (Å²) in [5.41, 5.74) is 3.76. The van der Waals surface area contributed by atoms with Crippen molar-refractivity contribution in [2.75, 3.05) is 26.7 Å². The average molecular weight is 439 g/mol. The molecule has 0 aromatic heterocycles. The molecule has 3 fully saturated rings. The van der Waals surface area contributed by atoms with Crippen LogP contribution in [0.4, 0.5) is 9.18 Å². The largest absolute Gasteiger partial charge is 0.494 e. The van der Waals surface area contributed by atoms with E-state index in [4.69, 9.17) is 4.74 Å². The van der Waals surface area contributed by atoms with Gasteiger partial charge in [-0.25, -0.2) is 9.18 Å². The fourth-order valence-electron chi connectivity index (χ4n) is 6.28. The molecule has 0 unspecified atom stereocenters. The number of carbonyl (C=O) groups is 1. The van der Waals surface area contributed by atoms with Gasteiger partial charge in [-0.05, 0) is 78.1 Å². The van der Waals surface area contributed by atoms with E-state index in [2.05, 4.69) is 30.9 Å². The molecule has 1 amide bonds. The van der Waals surface area contributed by atoms with Gasteiger partial charge in [0.1, 0.15) is 0 Å². The molecule has 6 heteroatoms. The van der Waals surface area contributed by atoms with Crippen LogP contribution in [-0.4, -0.2) is 53.8 Å². The van der Waals surface area contributed by atoms with Crippen molar-refractivity contribution in [3.05, 3.63) is 53.3 Å². The zero-order chi connectivity index (χ0) is 22.6. The molecule has 0 saturated carbocycles. The zero-order valence-corrected chi connectivity index (χ0v) is 19.0. The number of carboxylic acid groups (broad SMARTS) is 1. The van der Waals surface area contributed by atoms with Crippen LogP contribution in [0.3, 0.4) is 0 Å². The lowest BCUT2D eigenvalue weighted by Crippen LogP contribution is -2.60. The van der Waals surface area contributed by atoms with Crippen LogP contribution >= 0.6 is 0 Å². The Labute approximate surface area is 188 Å². The number of ether oxygens (including phenoxy) is 1. The van der Waals surface area contributed by atoms with Crippen LogP contribution < -0.4 is 4.74 Å². The van der Waals surface area contributed by atoms with Crippen LogP contribution in [0, 0.1) is 17.2 Å². The minimum Gasteiger partial charge on any atom is -0.494 e. The summed E-state index contributed by atoms with van der Waals surface area (Å²) in [7, 11) is 1.46. The quantitative estimate of drug-likeness (QED) is 0.713. The molecule has 3 saturated heterocycles. The standard InChI is InChI=1S/C26H31FN2O3/c1-26(2)14-19-12-17(18-5-7-23(32-3)21(27)13-18)4-6-20(19)24(26)29(25(30)31)22-15-28-10-8-16(22)9-11-28/h4-7,12-13,16,22,24H,8-11,14-15H2,1-3H3,(H,30,31)/t22-,24+/m1/s1. The smallest absolute Gasteiger partial charge is 0.408 e. The first-order chi connectivity index (χ1) is 15.3. The van der Waals surface area contributed by atoms with E-state index in [1.54, 1.807) is 11.0 Å². The van der Waals surface area contributed by atoms with E-state index < -0.39 is 6.09 Å². The van der Waals surface area contributed by atoms with E-state index in [0.717, 1.165) is 61.2 Å². The Hall–Kier alpha value is -2.60. The molecule has 2 bridgehead atoms. The number of amides is 1. The minimum atomic E-state index is -0.823. The van der Waals surface area contributed by atoms with Crippen LogP contribution in [0.5, 0.6) is 5.75 Å². The van der Waals surface area contributed by atoms with Gasteiger partial charge < -0.3 is 14.7 Å². The third-order valence-corrected chi connectivity index (χ3v) is 7.79. The van der Waals surface area contributed by atoms with Gasteiger partial charge in [0.25, 0.3) is 0 Å². The molecule has 6 rings (SSSR count). The lowest BCUT2D eigenvalue weighted by atomic mass is 9.79. The SMILES string of the molecule is COc1ccc(-c2ccc3c(c2)CC(C)(C)[C@H]3N(C(=O)O)[C@@H]2CN3CCC2CC3)cc1F. The molecule has 170 valence electrons. The predicted molar refractivity (Wildman–Crippen MR) is 121 cm³/mol. The molecular formula is C26H31FN2O3.